The van der Waals surface area contributed by atoms with E-state index in [4.69, 9.17) is 29.0 Å². The molecular formula is C13H12Cl2N4. The second-order valence-electron chi connectivity index (χ2n) is 4.30. The van der Waals surface area contributed by atoms with E-state index >= 15 is 0 Å². The summed E-state index contributed by atoms with van der Waals surface area (Å²) in [6.45, 7) is 0.845. The Kier molecular flexibility index (Phi) is 3.22. The zero-order chi connectivity index (χ0) is 13.4. The smallest absolute Gasteiger partial charge is 0.161 e. The van der Waals surface area contributed by atoms with Gasteiger partial charge in [0.05, 0.1) is 10.0 Å². The molecule has 1 aliphatic rings. The SMILES string of the molecule is NNc1nc(N2CCc3ccccc32)c(Cl)cc1Cl. The zero-order valence-corrected chi connectivity index (χ0v) is 11.5. The molecule has 6 heteroatoms. The summed E-state index contributed by atoms with van der Waals surface area (Å²) in [5.74, 6) is 6.50. The summed E-state index contributed by atoms with van der Waals surface area (Å²) in [7, 11) is 0. The van der Waals surface area contributed by atoms with Crippen LogP contribution in [0.2, 0.25) is 10.0 Å². The highest BCUT2D eigenvalue weighted by Crippen LogP contribution is 2.39. The molecule has 0 bridgehead atoms. The quantitative estimate of drug-likeness (QED) is 0.659. The molecule has 0 amide bonds. The predicted molar refractivity (Wildman–Crippen MR) is 79.2 cm³/mol. The number of hydrogen-bond acceptors (Lipinski definition) is 4. The van der Waals surface area contributed by atoms with Gasteiger partial charge in [-0.2, -0.15) is 0 Å². The Labute approximate surface area is 121 Å². The first-order valence-electron chi connectivity index (χ1n) is 5.89. The second kappa shape index (κ2) is 4.89. The normalized spacial score (nSPS) is 13.5. The van der Waals surface area contributed by atoms with Crippen molar-refractivity contribution in [2.75, 3.05) is 16.9 Å². The lowest BCUT2D eigenvalue weighted by molar-refractivity contribution is 0.973. The lowest BCUT2D eigenvalue weighted by atomic mass is 10.2. The van der Waals surface area contributed by atoms with Crippen LogP contribution in [-0.2, 0) is 6.42 Å². The predicted octanol–water partition coefficient (Wildman–Crippen LogP) is 3.37. The van der Waals surface area contributed by atoms with Gasteiger partial charge in [0.15, 0.2) is 11.6 Å². The van der Waals surface area contributed by atoms with Crippen molar-refractivity contribution in [1.29, 1.82) is 0 Å². The first kappa shape index (κ1) is 12.5. The number of benzene rings is 1. The molecule has 3 rings (SSSR count). The standard InChI is InChI=1S/C13H12Cl2N4/c14-9-7-10(15)13(17-12(9)18-16)19-6-5-8-3-1-2-4-11(8)19/h1-4,7H,5-6,16H2,(H,17,18). The van der Waals surface area contributed by atoms with E-state index in [1.165, 1.54) is 5.56 Å². The molecule has 0 unspecified atom stereocenters. The summed E-state index contributed by atoms with van der Waals surface area (Å²) in [6.07, 6.45) is 0.974. The van der Waals surface area contributed by atoms with Crippen molar-refractivity contribution in [3.05, 3.63) is 45.9 Å². The van der Waals surface area contributed by atoms with E-state index in [1.807, 2.05) is 12.1 Å². The lowest BCUT2D eigenvalue weighted by Crippen LogP contribution is -2.17. The number of pyridine rings is 1. The van der Waals surface area contributed by atoms with Crippen LogP contribution in [0.1, 0.15) is 5.56 Å². The molecule has 0 saturated heterocycles. The van der Waals surface area contributed by atoms with Crippen LogP contribution in [0.5, 0.6) is 0 Å². The van der Waals surface area contributed by atoms with Crippen LogP contribution in [0, 0.1) is 0 Å². The third-order valence-corrected chi connectivity index (χ3v) is 3.76. The number of halogens is 2. The molecule has 0 atom stereocenters. The fraction of sp³-hybridized carbons (Fsp3) is 0.154. The molecule has 4 nitrogen and oxygen atoms in total. The highest BCUT2D eigenvalue weighted by molar-refractivity contribution is 6.37. The molecule has 1 aromatic carbocycles. The maximum Gasteiger partial charge on any atom is 0.161 e. The van der Waals surface area contributed by atoms with Crippen molar-refractivity contribution in [2.45, 2.75) is 6.42 Å². The van der Waals surface area contributed by atoms with Gasteiger partial charge in [0.1, 0.15) is 0 Å². The zero-order valence-electron chi connectivity index (χ0n) is 10.0. The molecular weight excluding hydrogens is 283 g/mol. The van der Waals surface area contributed by atoms with Gasteiger partial charge < -0.3 is 10.3 Å². The summed E-state index contributed by atoms with van der Waals surface area (Å²) in [5.41, 5.74) is 4.90. The maximum atomic E-state index is 6.25. The van der Waals surface area contributed by atoms with E-state index < -0.39 is 0 Å². The van der Waals surface area contributed by atoms with Crippen molar-refractivity contribution in [3.63, 3.8) is 0 Å². The minimum Gasteiger partial charge on any atom is -0.324 e. The number of rotatable bonds is 2. The lowest BCUT2D eigenvalue weighted by Gasteiger charge is -2.20. The third-order valence-electron chi connectivity index (χ3n) is 3.19. The van der Waals surface area contributed by atoms with Crippen molar-refractivity contribution in [1.82, 2.24) is 4.98 Å². The molecule has 2 aromatic rings. The van der Waals surface area contributed by atoms with Crippen LogP contribution < -0.4 is 16.2 Å². The number of para-hydroxylation sites is 1. The Hall–Kier alpha value is -1.49. The number of aromatic nitrogens is 1. The van der Waals surface area contributed by atoms with Crippen LogP contribution in [0.15, 0.2) is 30.3 Å². The van der Waals surface area contributed by atoms with Crippen molar-refractivity contribution in [2.24, 2.45) is 5.84 Å². The van der Waals surface area contributed by atoms with Gasteiger partial charge in [-0.3, -0.25) is 0 Å². The van der Waals surface area contributed by atoms with Crippen molar-refractivity contribution in [3.8, 4) is 0 Å². The van der Waals surface area contributed by atoms with Gasteiger partial charge in [-0.25, -0.2) is 10.8 Å². The van der Waals surface area contributed by atoms with Crippen LogP contribution in [0.25, 0.3) is 0 Å². The minimum atomic E-state index is 0.406. The first-order valence-corrected chi connectivity index (χ1v) is 6.64. The monoisotopic (exact) mass is 294 g/mol. The number of hydrogen-bond donors (Lipinski definition) is 2. The number of fused-ring (bicyclic) bond motifs is 1. The largest absolute Gasteiger partial charge is 0.324 e. The topological polar surface area (TPSA) is 54.2 Å². The number of nitrogens with one attached hydrogen (secondary N) is 1. The number of nitrogens with zero attached hydrogens (tertiary/aromatic N) is 2. The number of nitrogen functional groups attached to an aromatic ring is 1. The van der Waals surface area contributed by atoms with Gasteiger partial charge in [0.25, 0.3) is 0 Å². The van der Waals surface area contributed by atoms with E-state index in [1.54, 1.807) is 6.07 Å². The fourth-order valence-electron chi connectivity index (χ4n) is 2.31. The summed E-state index contributed by atoms with van der Waals surface area (Å²) in [4.78, 5) is 6.48. The van der Waals surface area contributed by atoms with Crippen LogP contribution in [0.4, 0.5) is 17.3 Å². The summed E-state index contributed by atoms with van der Waals surface area (Å²) in [6, 6.07) is 9.86. The van der Waals surface area contributed by atoms with Crippen LogP contribution in [-0.4, -0.2) is 11.5 Å². The Bertz CT molecular complexity index is 630. The number of nitrogens with two attached hydrogens (primary N) is 1. The van der Waals surface area contributed by atoms with Gasteiger partial charge in [0.2, 0.25) is 0 Å². The highest BCUT2D eigenvalue weighted by Gasteiger charge is 2.23. The second-order valence-corrected chi connectivity index (χ2v) is 5.11. The van der Waals surface area contributed by atoms with Gasteiger partial charge in [-0.15, -0.1) is 0 Å². The molecule has 1 aromatic heterocycles. The average Bonchev–Trinajstić information content (AvgIpc) is 2.83. The molecule has 0 saturated carbocycles. The average molecular weight is 295 g/mol. The van der Waals surface area contributed by atoms with E-state index in [9.17, 15) is 0 Å². The molecule has 0 fully saturated rings. The van der Waals surface area contributed by atoms with Gasteiger partial charge in [-0.1, -0.05) is 41.4 Å². The molecule has 0 spiro atoms. The van der Waals surface area contributed by atoms with E-state index in [-0.39, 0.29) is 0 Å². The Morgan fingerprint density at radius 1 is 1.21 bits per heavy atom. The highest BCUT2D eigenvalue weighted by atomic mass is 35.5. The van der Waals surface area contributed by atoms with Crippen molar-refractivity contribution < 1.29 is 0 Å². The summed E-state index contributed by atoms with van der Waals surface area (Å²) >= 11 is 12.2. The van der Waals surface area contributed by atoms with Crippen LogP contribution >= 0.6 is 23.2 Å². The summed E-state index contributed by atoms with van der Waals surface area (Å²) in [5, 5.41) is 0.921. The Balaban J connectivity index is 2.09. The fourth-order valence-corrected chi connectivity index (χ4v) is 2.82. The first-order chi connectivity index (χ1) is 9.20. The number of anilines is 3. The van der Waals surface area contributed by atoms with Crippen LogP contribution in [0.3, 0.4) is 0 Å². The molecule has 2 heterocycles. The van der Waals surface area contributed by atoms with Gasteiger partial charge >= 0.3 is 0 Å². The minimum absolute atomic E-state index is 0.406. The Morgan fingerprint density at radius 2 is 2.00 bits per heavy atom. The number of hydrazine groups is 1. The van der Waals surface area contributed by atoms with Crippen molar-refractivity contribution >= 4 is 40.5 Å². The summed E-state index contributed by atoms with van der Waals surface area (Å²) < 4.78 is 0. The molecule has 1 aliphatic heterocycles. The molecule has 3 N–H and O–H groups in total. The van der Waals surface area contributed by atoms with Gasteiger partial charge in [0, 0.05) is 12.2 Å². The maximum absolute atomic E-state index is 6.25. The molecule has 0 radical (unpaired) electrons. The Morgan fingerprint density at radius 3 is 2.79 bits per heavy atom. The molecule has 0 aliphatic carbocycles. The van der Waals surface area contributed by atoms with E-state index in [2.05, 4.69) is 27.4 Å². The van der Waals surface area contributed by atoms with E-state index in [0.29, 0.717) is 21.7 Å². The molecule has 19 heavy (non-hydrogen) atoms. The van der Waals surface area contributed by atoms with Gasteiger partial charge in [-0.05, 0) is 24.1 Å². The van der Waals surface area contributed by atoms with E-state index in [0.717, 1.165) is 18.7 Å². The third kappa shape index (κ3) is 2.12. The molecule has 98 valence electrons.